The van der Waals surface area contributed by atoms with E-state index in [4.69, 9.17) is 0 Å². The van der Waals surface area contributed by atoms with Crippen LogP contribution in [0, 0.1) is 30.6 Å². The zero-order valence-corrected chi connectivity index (χ0v) is 26.5. The highest BCUT2D eigenvalue weighted by Gasteiger charge is 2.34. The van der Waals surface area contributed by atoms with Gasteiger partial charge in [-0.2, -0.15) is 0 Å². The number of rotatable bonds is 14. The molecule has 1 aliphatic rings. The largest absolute Gasteiger partial charge is 0.300 e. The Labute approximate surface area is 234 Å². The molecule has 1 aliphatic carbocycles. The van der Waals surface area contributed by atoms with Crippen molar-refractivity contribution in [2.75, 3.05) is 0 Å². The summed E-state index contributed by atoms with van der Waals surface area (Å²) in [5.74, 6) is 1.84. The standard InChI is InChI=1S/C32H50O3.C3H8/c1-9-12-26(27(11-3)30(34)15-22(7)33)16-24-17-29-28(20(4)5)19-25(14-13-21(6)10-2)23(8)32(29)31(35)18-24;1-3-2/h19-21,24,26-27H,9-18H2,1-8H3;3H2,1-2H3. The Kier molecular flexibility index (Phi) is 15.4. The number of benzene rings is 1. The second kappa shape index (κ2) is 17.0. The zero-order chi connectivity index (χ0) is 29.0. The Balaban J connectivity index is 0.00000229. The molecule has 1 aromatic carbocycles. The lowest BCUT2D eigenvalue weighted by atomic mass is 9.70. The summed E-state index contributed by atoms with van der Waals surface area (Å²) in [6.45, 7) is 21.2. The number of Topliss-reactive ketones (excluding diaryl/α,β-unsaturated/α-hetero) is 3. The third-order valence-electron chi connectivity index (χ3n) is 8.45. The highest BCUT2D eigenvalue weighted by atomic mass is 16.1. The monoisotopic (exact) mass is 526 g/mol. The molecule has 3 nitrogen and oxygen atoms in total. The minimum atomic E-state index is -0.0791. The Hall–Kier alpha value is -1.77. The van der Waals surface area contributed by atoms with Gasteiger partial charge in [0.05, 0.1) is 6.42 Å². The molecule has 4 atom stereocenters. The van der Waals surface area contributed by atoms with Crippen LogP contribution < -0.4 is 0 Å². The minimum Gasteiger partial charge on any atom is -0.300 e. The van der Waals surface area contributed by atoms with Crippen molar-refractivity contribution in [3.63, 3.8) is 0 Å². The molecule has 0 fully saturated rings. The highest BCUT2D eigenvalue weighted by molar-refractivity contribution is 6.01. The first kappa shape index (κ1) is 34.3. The van der Waals surface area contributed by atoms with Gasteiger partial charge in [-0.3, -0.25) is 14.4 Å². The van der Waals surface area contributed by atoms with E-state index in [-0.39, 0.29) is 35.7 Å². The molecule has 0 aliphatic heterocycles. The summed E-state index contributed by atoms with van der Waals surface area (Å²) < 4.78 is 0. The van der Waals surface area contributed by atoms with Crippen LogP contribution in [0.1, 0.15) is 159 Å². The minimum absolute atomic E-state index is 0.0429. The van der Waals surface area contributed by atoms with Crippen LogP contribution in [0.2, 0.25) is 0 Å². The molecule has 3 heteroatoms. The van der Waals surface area contributed by atoms with E-state index in [0.29, 0.717) is 24.0 Å². The van der Waals surface area contributed by atoms with Gasteiger partial charge in [0, 0.05) is 17.9 Å². The molecule has 0 N–H and O–H groups in total. The van der Waals surface area contributed by atoms with E-state index in [1.165, 1.54) is 42.0 Å². The molecule has 216 valence electrons. The summed E-state index contributed by atoms with van der Waals surface area (Å²) in [7, 11) is 0. The van der Waals surface area contributed by atoms with Crippen LogP contribution in [0.15, 0.2) is 6.07 Å². The average molecular weight is 527 g/mol. The molecule has 0 heterocycles. The fraction of sp³-hybridized carbons (Fsp3) is 0.743. The fourth-order valence-electron chi connectivity index (χ4n) is 6.27. The molecule has 0 aromatic heterocycles. The Morgan fingerprint density at radius 2 is 1.61 bits per heavy atom. The van der Waals surface area contributed by atoms with Gasteiger partial charge in [-0.15, -0.1) is 0 Å². The van der Waals surface area contributed by atoms with Crippen molar-refractivity contribution in [2.45, 2.75) is 146 Å². The van der Waals surface area contributed by atoms with Crippen LogP contribution in [0.5, 0.6) is 0 Å². The summed E-state index contributed by atoms with van der Waals surface area (Å²) in [5, 5.41) is 0. The first-order valence-corrected chi connectivity index (χ1v) is 15.7. The lowest BCUT2D eigenvalue weighted by Gasteiger charge is -2.33. The molecule has 0 bridgehead atoms. The third-order valence-corrected chi connectivity index (χ3v) is 8.45. The molecule has 0 amide bonds. The van der Waals surface area contributed by atoms with E-state index < -0.39 is 0 Å². The van der Waals surface area contributed by atoms with Gasteiger partial charge in [0.2, 0.25) is 0 Å². The maximum Gasteiger partial charge on any atom is 0.163 e. The highest BCUT2D eigenvalue weighted by Crippen LogP contribution is 2.40. The Morgan fingerprint density at radius 1 is 0.974 bits per heavy atom. The van der Waals surface area contributed by atoms with Crippen molar-refractivity contribution in [3.8, 4) is 0 Å². The van der Waals surface area contributed by atoms with Crippen LogP contribution in [-0.4, -0.2) is 17.3 Å². The van der Waals surface area contributed by atoms with Gasteiger partial charge >= 0.3 is 0 Å². The topological polar surface area (TPSA) is 51.2 Å². The molecule has 0 spiro atoms. The van der Waals surface area contributed by atoms with Crippen molar-refractivity contribution in [3.05, 3.63) is 33.9 Å². The van der Waals surface area contributed by atoms with Crippen LogP contribution in [0.25, 0.3) is 0 Å². The molecule has 0 saturated carbocycles. The second-order valence-corrected chi connectivity index (χ2v) is 12.4. The van der Waals surface area contributed by atoms with Crippen molar-refractivity contribution < 1.29 is 14.4 Å². The molecule has 2 rings (SSSR count). The van der Waals surface area contributed by atoms with E-state index >= 15 is 0 Å². The van der Waals surface area contributed by atoms with Gasteiger partial charge in [-0.05, 0) is 91.9 Å². The number of carbonyl (C=O) groups excluding carboxylic acids is 3. The van der Waals surface area contributed by atoms with Gasteiger partial charge in [0.25, 0.3) is 0 Å². The van der Waals surface area contributed by atoms with E-state index in [1.54, 1.807) is 0 Å². The van der Waals surface area contributed by atoms with Crippen LogP contribution in [0.4, 0.5) is 0 Å². The van der Waals surface area contributed by atoms with Gasteiger partial charge in [-0.1, -0.05) is 87.1 Å². The van der Waals surface area contributed by atoms with Crippen LogP contribution >= 0.6 is 0 Å². The SMILES string of the molecule is CCC.CCCC(CC1CC(=O)c2c(C)c(CCC(C)CC)cc(C(C)C)c2C1)C(CC)C(=O)CC(C)=O. The maximum atomic E-state index is 13.6. The van der Waals surface area contributed by atoms with Crippen molar-refractivity contribution >= 4 is 17.3 Å². The predicted octanol–water partition coefficient (Wildman–Crippen LogP) is 9.64. The molecule has 38 heavy (non-hydrogen) atoms. The van der Waals surface area contributed by atoms with E-state index in [9.17, 15) is 14.4 Å². The Morgan fingerprint density at radius 3 is 2.11 bits per heavy atom. The van der Waals surface area contributed by atoms with E-state index in [1.807, 2.05) is 0 Å². The summed E-state index contributed by atoms with van der Waals surface area (Å²) in [6.07, 6.45) is 9.85. The summed E-state index contributed by atoms with van der Waals surface area (Å²) in [5.41, 5.74) is 6.16. The molecular weight excluding hydrogens is 468 g/mol. The number of hydrogen-bond donors (Lipinski definition) is 0. The third kappa shape index (κ3) is 9.76. The lowest BCUT2D eigenvalue weighted by molar-refractivity contribution is -0.129. The average Bonchev–Trinajstić information content (AvgIpc) is 2.83. The fourth-order valence-corrected chi connectivity index (χ4v) is 6.27. The molecule has 4 unspecified atom stereocenters. The quantitative estimate of drug-likeness (QED) is 0.227. The maximum absolute atomic E-state index is 13.6. The van der Waals surface area contributed by atoms with Crippen LogP contribution in [-0.2, 0) is 22.4 Å². The number of aryl methyl sites for hydroxylation is 1. The second-order valence-electron chi connectivity index (χ2n) is 12.4. The first-order valence-electron chi connectivity index (χ1n) is 15.7. The molecule has 0 radical (unpaired) electrons. The number of carbonyl (C=O) groups is 3. The number of fused-ring (bicyclic) bond motifs is 1. The smallest absolute Gasteiger partial charge is 0.163 e. The van der Waals surface area contributed by atoms with Crippen LogP contribution in [0.3, 0.4) is 0 Å². The summed E-state index contributed by atoms with van der Waals surface area (Å²) >= 11 is 0. The van der Waals surface area contributed by atoms with E-state index in [0.717, 1.165) is 50.5 Å². The number of hydrogen-bond acceptors (Lipinski definition) is 3. The van der Waals surface area contributed by atoms with Gasteiger partial charge in [0.1, 0.15) is 11.6 Å². The normalized spacial score (nSPS) is 17.3. The lowest BCUT2D eigenvalue weighted by Crippen LogP contribution is -2.30. The molecule has 1 aromatic rings. The van der Waals surface area contributed by atoms with E-state index in [2.05, 4.69) is 68.4 Å². The van der Waals surface area contributed by atoms with Crippen molar-refractivity contribution in [1.82, 2.24) is 0 Å². The summed E-state index contributed by atoms with van der Waals surface area (Å²) in [4.78, 5) is 38.1. The number of ketones is 3. The molecule has 0 saturated heterocycles. The van der Waals surface area contributed by atoms with Gasteiger partial charge < -0.3 is 0 Å². The van der Waals surface area contributed by atoms with Gasteiger partial charge in [0.15, 0.2) is 5.78 Å². The molecular formula is C35H58O3. The summed E-state index contributed by atoms with van der Waals surface area (Å²) in [6, 6.07) is 2.39. The Bertz CT molecular complexity index is 910. The van der Waals surface area contributed by atoms with Gasteiger partial charge in [-0.25, -0.2) is 0 Å². The predicted molar refractivity (Wildman–Crippen MR) is 162 cm³/mol. The zero-order valence-electron chi connectivity index (χ0n) is 26.5. The van der Waals surface area contributed by atoms with Crippen molar-refractivity contribution in [2.24, 2.45) is 23.7 Å². The first-order chi connectivity index (χ1) is 17.9. The van der Waals surface area contributed by atoms with Crippen molar-refractivity contribution in [1.29, 1.82) is 0 Å².